The number of esters is 1. The van der Waals surface area contributed by atoms with Crippen LogP contribution in [0.5, 0.6) is 11.5 Å². The second-order valence-electron chi connectivity index (χ2n) is 4.89. The Morgan fingerprint density at radius 1 is 1.12 bits per heavy atom. The molecule has 3 aromatic rings. The molecule has 0 aliphatic rings. The van der Waals surface area contributed by atoms with Gasteiger partial charge in [0.2, 0.25) is 11.8 Å². The molecule has 0 bridgehead atoms. The predicted molar refractivity (Wildman–Crippen MR) is 82.4 cm³/mol. The van der Waals surface area contributed by atoms with Gasteiger partial charge in [-0.15, -0.1) is 10.2 Å². The van der Waals surface area contributed by atoms with Gasteiger partial charge in [-0.1, -0.05) is 0 Å². The van der Waals surface area contributed by atoms with Crippen LogP contribution >= 0.6 is 0 Å². The fourth-order valence-corrected chi connectivity index (χ4v) is 2.04. The fourth-order valence-electron chi connectivity index (χ4n) is 2.04. The zero-order valence-electron chi connectivity index (χ0n) is 12.9. The molecule has 0 N–H and O–H groups in total. The predicted octanol–water partition coefficient (Wildman–Crippen LogP) is 3.41. The summed E-state index contributed by atoms with van der Waals surface area (Å²) < 4.78 is 28.9. The summed E-state index contributed by atoms with van der Waals surface area (Å²) in [6, 6.07) is 10.4. The number of aromatic nitrogens is 2. The van der Waals surface area contributed by atoms with Crippen molar-refractivity contribution in [1.29, 1.82) is 0 Å². The Labute approximate surface area is 136 Å². The molecule has 0 aliphatic carbocycles. The maximum atomic E-state index is 13.6. The summed E-state index contributed by atoms with van der Waals surface area (Å²) in [5.41, 5.74) is 0.994. The minimum absolute atomic E-state index is 0.0778. The van der Waals surface area contributed by atoms with Crippen LogP contribution in [-0.2, 0) is 0 Å². The molecular formula is C17H13FN2O4. The summed E-state index contributed by atoms with van der Waals surface area (Å²) in [6.45, 7) is 1.69. The highest BCUT2D eigenvalue weighted by atomic mass is 19.1. The highest BCUT2D eigenvalue weighted by Crippen LogP contribution is 2.23. The van der Waals surface area contributed by atoms with Gasteiger partial charge in [-0.05, 0) is 36.4 Å². The van der Waals surface area contributed by atoms with E-state index >= 15 is 0 Å². The van der Waals surface area contributed by atoms with E-state index in [1.54, 1.807) is 31.2 Å². The Morgan fingerprint density at radius 2 is 1.88 bits per heavy atom. The van der Waals surface area contributed by atoms with Gasteiger partial charge in [0.25, 0.3) is 0 Å². The number of methoxy groups -OCH3 is 1. The number of benzene rings is 2. The first-order chi connectivity index (χ1) is 11.6. The van der Waals surface area contributed by atoms with Gasteiger partial charge in [-0.3, -0.25) is 0 Å². The topological polar surface area (TPSA) is 74.5 Å². The highest BCUT2D eigenvalue weighted by Gasteiger charge is 2.12. The lowest BCUT2D eigenvalue weighted by Crippen LogP contribution is -2.08. The van der Waals surface area contributed by atoms with Crippen LogP contribution in [0.2, 0.25) is 0 Å². The summed E-state index contributed by atoms with van der Waals surface area (Å²) in [5.74, 6) is -0.221. The molecule has 0 radical (unpaired) electrons. The van der Waals surface area contributed by atoms with Crippen LogP contribution in [0.3, 0.4) is 0 Å². The maximum Gasteiger partial charge on any atom is 0.343 e. The molecule has 0 saturated heterocycles. The van der Waals surface area contributed by atoms with Crippen LogP contribution in [0.15, 0.2) is 46.9 Å². The minimum Gasteiger partial charge on any atom is -0.494 e. The zero-order chi connectivity index (χ0) is 17.1. The van der Waals surface area contributed by atoms with Crippen molar-refractivity contribution in [1.82, 2.24) is 10.2 Å². The number of carbonyl (C=O) groups is 1. The minimum atomic E-state index is -0.607. The zero-order valence-corrected chi connectivity index (χ0v) is 12.9. The number of halogens is 1. The summed E-state index contributed by atoms with van der Waals surface area (Å²) >= 11 is 0. The summed E-state index contributed by atoms with van der Waals surface area (Å²) in [4.78, 5) is 12.1. The van der Waals surface area contributed by atoms with Crippen molar-refractivity contribution in [2.24, 2.45) is 0 Å². The second-order valence-corrected chi connectivity index (χ2v) is 4.89. The Kier molecular flexibility index (Phi) is 4.24. The second kappa shape index (κ2) is 6.49. The van der Waals surface area contributed by atoms with Crippen LogP contribution in [-0.4, -0.2) is 23.3 Å². The van der Waals surface area contributed by atoms with Crippen molar-refractivity contribution in [3.05, 3.63) is 59.7 Å². The van der Waals surface area contributed by atoms with Gasteiger partial charge >= 0.3 is 5.97 Å². The van der Waals surface area contributed by atoms with Gasteiger partial charge in [0, 0.05) is 18.6 Å². The van der Waals surface area contributed by atoms with Crippen molar-refractivity contribution < 1.29 is 23.1 Å². The third-order valence-electron chi connectivity index (χ3n) is 3.23. The van der Waals surface area contributed by atoms with E-state index in [2.05, 4.69) is 10.2 Å². The smallest absolute Gasteiger partial charge is 0.343 e. The number of hydrogen-bond donors (Lipinski definition) is 0. The number of carbonyl (C=O) groups excluding carboxylic acids is 1. The average molecular weight is 328 g/mol. The molecule has 3 rings (SSSR count). The molecule has 24 heavy (non-hydrogen) atoms. The first-order valence-electron chi connectivity index (χ1n) is 7.03. The molecular weight excluding hydrogens is 315 g/mol. The van der Waals surface area contributed by atoms with Crippen LogP contribution < -0.4 is 9.47 Å². The number of ether oxygens (including phenoxy) is 2. The van der Waals surface area contributed by atoms with Crippen molar-refractivity contribution in [2.45, 2.75) is 6.92 Å². The van der Waals surface area contributed by atoms with Gasteiger partial charge < -0.3 is 13.9 Å². The maximum absolute atomic E-state index is 13.6. The fraction of sp³-hybridized carbons (Fsp3) is 0.118. The first kappa shape index (κ1) is 15.7. The van der Waals surface area contributed by atoms with E-state index in [1.807, 2.05) is 0 Å². The molecule has 0 aliphatic heterocycles. The third-order valence-corrected chi connectivity index (χ3v) is 3.23. The van der Waals surface area contributed by atoms with E-state index in [0.29, 0.717) is 22.9 Å². The molecule has 0 fully saturated rings. The van der Waals surface area contributed by atoms with Gasteiger partial charge in [0.05, 0.1) is 12.7 Å². The normalized spacial score (nSPS) is 10.5. The lowest BCUT2D eigenvalue weighted by atomic mass is 10.1. The van der Waals surface area contributed by atoms with E-state index in [4.69, 9.17) is 13.9 Å². The summed E-state index contributed by atoms with van der Waals surface area (Å²) in [7, 11) is 1.36. The Morgan fingerprint density at radius 3 is 2.46 bits per heavy atom. The number of aryl methyl sites for hydroxylation is 1. The van der Waals surface area contributed by atoms with E-state index < -0.39 is 11.8 Å². The molecule has 1 heterocycles. The van der Waals surface area contributed by atoms with Crippen LogP contribution in [0, 0.1) is 12.7 Å². The van der Waals surface area contributed by atoms with Gasteiger partial charge in [-0.2, -0.15) is 0 Å². The SMILES string of the molecule is COc1ccc(OC(=O)c2ccc(-c3nnc(C)o3)cc2)cc1F. The molecule has 122 valence electrons. The Hall–Kier alpha value is -3.22. The van der Waals surface area contributed by atoms with Crippen molar-refractivity contribution in [2.75, 3.05) is 7.11 Å². The van der Waals surface area contributed by atoms with Gasteiger partial charge in [-0.25, -0.2) is 9.18 Å². The summed E-state index contributed by atoms with van der Waals surface area (Å²) in [5, 5.41) is 7.64. The Balaban J connectivity index is 1.74. The quantitative estimate of drug-likeness (QED) is 0.540. The molecule has 0 saturated carbocycles. The van der Waals surface area contributed by atoms with Gasteiger partial charge in [0.1, 0.15) is 5.75 Å². The molecule has 2 aromatic carbocycles. The van der Waals surface area contributed by atoms with Crippen molar-refractivity contribution in [3.8, 4) is 23.0 Å². The number of nitrogens with zero attached hydrogens (tertiary/aromatic N) is 2. The number of hydrogen-bond acceptors (Lipinski definition) is 6. The number of rotatable bonds is 4. The standard InChI is InChI=1S/C17H13FN2O4/c1-10-19-20-16(23-10)11-3-5-12(6-4-11)17(21)24-13-7-8-15(22-2)14(18)9-13/h3-9H,1-2H3. The molecule has 0 unspecified atom stereocenters. The summed E-state index contributed by atoms with van der Waals surface area (Å²) in [6.07, 6.45) is 0. The largest absolute Gasteiger partial charge is 0.494 e. The van der Waals surface area contributed by atoms with E-state index in [9.17, 15) is 9.18 Å². The van der Waals surface area contributed by atoms with E-state index in [1.165, 1.54) is 19.2 Å². The molecule has 0 amide bonds. The van der Waals surface area contributed by atoms with E-state index in [0.717, 1.165) is 6.07 Å². The highest BCUT2D eigenvalue weighted by molar-refractivity contribution is 5.91. The van der Waals surface area contributed by atoms with Crippen LogP contribution in [0.25, 0.3) is 11.5 Å². The van der Waals surface area contributed by atoms with Gasteiger partial charge in [0.15, 0.2) is 11.6 Å². The monoisotopic (exact) mass is 328 g/mol. The van der Waals surface area contributed by atoms with E-state index in [-0.39, 0.29) is 11.5 Å². The lowest BCUT2D eigenvalue weighted by Gasteiger charge is -2.07. The first-order valence-corrected chi connectivity index (χ1v) is 7.03. The average Bonchev–Trinajstić information content (AvgIpc) is 3.02. The van der Waals surface area contributed by atoms with Crippen molar-refractivity contribution >= 4 is 5.97 Å². The molecule has 6 nitrogen and oxygen atoms in total. The third kappa shape index (κ3) is 3.24. The van der Waals surface area contributed by atoms with Crippen LogP contribution in [0.4, 0.5) is 4.39 Å². The molecule has 0 spiro atoms. The Bertz CT molecular complexity index is 875. The molecule has 7 heteroatoms. The lowest BCUT2D eigenvalue weighted by molar-refractivity contribution is 0.0734. The van der Waals surface area contributed by atoms with Crippen LogP contribution in [0.1, 0.15) is 16.2 Å². The van der Waals surface area contributed by atoms with Crippen molar-refractivity contribution in [3.63, 3.8) is 0 Å². The molecule has 0 atom stereocenters. The molecule has 1 aromatic heterocycles.